The van der Waals surface area contributed by atoms with Gasteiger partial charge in [0, 0.05) is 0 Å². The maximum absolute atomic E-state index is 7.00. The zero-order valence-electron chi connectivity index (χ0n) is 18.2. The molecule has 0 fully saturated rings. The van der Waals surface area contributed by atoms with Crippen LogP contribution in [0.1, 0.15) is 53.4 Å². The Kier molecular flexibility index (Phi) is 13.7. The second kappa shape index (κ2) is 13.8. The van der Waals surface area contributed by atoms with Crippen LogP contribution >= 0.6 is 0 Å². The molecule has 0 spiro atoms. The SMILES string of the molecule is C=C[Si](C=C)(O[SiH2]CCC)O[Si](C=C)(C=C)O[Si](CCC)(CCC)CCC. The van der Waals surface area contributed by atoms with Crippen LogP contribution in [0, 0.1) is 0 Å². The summed E-state index contributed by atoms with van der Waals surface area (Å²) in [5.74, 6) is 0. The van der Waals surface area contributed by atoms with Gasteiger partial charge in [-0.25, -0.2) is 0 Å². The van der Waals surface area contributed by atoms with Crippen molar-refractivity contribution in [2.75, 3.05) is 0 Å². The number of hydrogen-bond acceptors (Lipinski definition) is 3. The molecule has 0 heterocycles. The third-order valence-corrected chi connectivity index (χ3v) is 20.5. The van der Waals surface area contributed by atoms with Gasteiger partial charge in [-0.1, -0.05) is 53.4 Å². The molecule has 0 unspecified atom stereocenters. The first-order valence-electron chi connectivity index (χ1n) is 10.5. The Balaban J connectivity index is 5.82. The molecular weight excluding hydrogens is 401 g/mol. The van der Waals surface area contributed by atoms with Crippen molar-refractivity contribution in [3.8, 4) is 0 Å². The van der Waals surface area contributed by atoms with Gasteiger partial charge >= 0.3 is 17.1 Å². The second-order valence-electron chi connectivity index (χ2n) is 7.10. The van der Waals surface area contributed by atoms with Crippen LogP contribution in [0.15, 0.2) is 49.1 Å². The van der Waals surface area contributed by atoms with E-state index in [1.54, 1.807) is 0 Å². The van der Waals surface area contributed by atoms with Crippen LogP contribution in [0.3, 0.4) is 0 Å². The first-order chi connectivity index (χ1) is 12.9. The Hall–Kier alpha value is -0.292. The van der Waals surface area contributed by atoms with Crippen LogP contribution in [0.2, 0.25) is 24.2 Å². The minimum absolute atomic E-state index is 0.666. The van der Waals surface area contributed by atoms with Crippen molar-refractivity contribution < 1.29 is 12.3 Å². The summed E-state index contributed by atoms with van der Waals surface area (Å²) >= 11 is 0. The van der Waals surface area contributed by atoms with Gasteiger partial charge in [0.2, 0.25) is 0 Å². The largest absolute Gasteiger partial charge is 0.436 e. The highest BCUT2D eigenvalue weighted by Crippen LogP contribution is 2.33. The molecule has 0 aliphatic rings. The van der Waals surface area contributed by atoms with Gasteiger partial charge in [-0.2, -0.15) is 0 Å². The van der Waals surface area contributed by atoms with Gasteiger partial charge in [0.1, 0.15) is 9.76 Å². The lowest BCUT2D eigenvalue weighted by atomic mass is 10.6. The molecule has 0 aliphatic carbocycles. The van der Waals surface area contributed by atoms with Gasteiger partial charge in [-0.15, -0.1) is 26.3 Å². The summed E-state index contributed by atoms with van der Waals surface area (Å²) in [5, 5.41) is 0. The molecule has 0 atom stereocenters. The molecule has 0 saturated heterocycles. The fourth-order valence-electron chi connectivity index (χ4n) is 3.44. The van der Waals surface area contributed by atoms with E-state index in [9.17, 15) is 0 Å². The third kappa shape index (κ3) is 8.31. The smallest absolute Gasteiger partial charge is 0.372 e. The van der Waals surface area contributed by atoms with Gasteiger partial charge in [-0.3, -0.25) is 0 Å². The molecule has 0 saturated carbocycles. The normalized spacial score (nSPS) is 13.0. The van der Waals surface area contributed by atoms with Crippen molar-refractivity contribution in [1.82, 2.24) is 0 Å². The predicted molar refractivity (Wildman–Crippen MR) is 130 cm³/mol. The van der Waals surface area contributed by atoms with E-state index >= 15 is 0 Å². The Bertz CT molecular complexity index is 435. The highest BCUT2D eigenvalue weighted by Gasteiger charge is 2.48. The zero-order chi connectivity index (χ0) is 20.8. The Morgan fingerprint density at radius 1 is 0.667 bits per heavy atom. The maximum atomic E-state index is 7.00. The molecule has 0 rings (SSSR count). The standard InChI is InChI=1S/C20H42O3Si4/c1-9-17-24-21-26(13-5,14-6)23-27(15-7,16-8)22-25(18-10-2,19-11-3)20-12-4/h13-16H,5-12,17-20,24H2,1-4H3. The summed E-state index contributed by atoms with van der Waals surface area (Å²) < 4.78 is 20.0. The summed E-state index contributed by atoms with van der Waals surface area (Å²) in [6.07, 6.45) is 4.54. The number of rotatable bonds is 18. The van der Waals surface area contributed by atoms with E-state index in [-0.39, 0.29) is 0 Å². The minimum Gasteiger partial charge on any atom is -0.436 e. The molecule has 0 amide bonds. The van der Waals surface area contributed by atoms with Crippen molar-refractivity contribution in [1.29, 1.82) is 0 Å². The van der Waals surface area contributed by atoms with Gasteiger partial charge in [0.25, 0.3) is 0 Å². The van der Waals surface area contributed by atoms with E-state index in [0.29, 0.717) is 0 Å². The molecule has 0 aromatic rings. The van der Waals surface area contributed by atoms with Gasteiger partial charge < -0.3 is 12.3 Å². The predicted octanol–water partition coefficient (Wildman–Crippen LogP) is 5.91. The second-order valence-corrected chi connectivity index (χ2v) is 19.4. The molecule has 0 radical (unpaired) electrons. The van der Waals surface area contributed by atoms with Crippen molar-refractivity contribution in [3.05, 3.63) is 49.1 Å². The molecule has 7 heteroatoms. The summed E-state index contributed by atoms with van der Waals surface area (Å²) in [5.41, 5.74) is 7.43. The van der Waals surface area contributed by atoms with Crippen molar-refractivity contribution in [2.24, 2.45) is 0 Å². The van der Waals surface area contributed by atoms with E-state index in [4.69, 9.17) is 12.3 Å². The molecule has 27 heavy (non-hydrogen) atoms. The quantitative estimate of drug-likeness (QED) is 0.195. The maximum Gasteiger partial charge on any atom is 0.372 e. The Morgan fingerprint density at radius 3 is 1.44 bits per heavy atom. The summed E-state index contributed by atoms with van der Waals surface area (Å²) in [6, 6.07) is 4.57. The van der Waals surface area contributed by atoms with E-state index < -0.39 is 35.2 Å². The lowest BCUT2D eigenvalue weighted by molar-refractivity contribution is 0.351. The van der Waals surface area contributed by atoms with Gasteiger partial charge in [0.15, 0.2) is 8.32 Å². The highest BCUT2D eigenvalue weighted by molar-refractivity contribution is 6.96. The molecule has 0 N–H and O–H groups in total. The topological polar surface area (TPSA) is 27.7 Å². The average molecular weight is 443 g/mol. The van der Waals surface area contributed by atoms with Gasteiger partial charge in [0.05, 0.1) is 0 Å². The molecule has 0 aromatic heterocycles. The van der Waals surface area contributed by atoms with Crippen LogP contribution in [0.5, 0.6) is 0 Å². The van der Waals surface area contributed by atoms with E-state index in [0.717, 1.165) is 49.9 Å². The highest BCUT2D eigenvalue weighted by atomic mass is 28.5. The molecular formula is C20H42O3Si4. The van der Waals surface area contributed by atoms with Crippen LogP contribution in [-0.2, 0) is 12.3 Å². The fourth-order valence-corrected chi connectivity index (χ4v) is 19.6. The van der Waals surface area contributed by atoms with Crippen molar-refractivity contribution in [2.45, 2.75) is 77.6 Å². The molecule has 3 nitrogen and oxygen atoms in total. The summed E-state index contributed by atoms with van der Waals surface area (Å²) in [7, 11) is -8.14. The van der Waals surface area contributed by atoms with E-state index in [1.807, 2.05) is 22.8 Å². The molecule has 0 bridgehead atoms. The molecule has 0 aliphatic heterocycles. The van der Waals surface area contributed by atoms with Crippen LogP contribution < -0.4 is 0 Å². The van der Waals surface area contributed by atoms with Crippen LogP contribution in [0.25, 0.3) is 0 Å². The average Bonchev–Trinajstić information content (AvgIpc) is 2.67. The Morgan fingerprint density at radius 2 is 1.11 bits per heavy atom. The van der Waals surface area contributed by atoms with Crippen LogP contribution in [0.4, 0.5) is 0 Å². The first kappa shape index (κ1) is 26.7. The fraction of sp³-hybridized carbons (Fsp3) is 0.600. The monoisotopic (exact) mass is 442 g/mol. The van der Waals surface area contributed by atoms with E-state index in [1.165, 1.54) is 0 Å². The lowest BCUT2D eigenvalue weighted by Crippen LogP contribution is -2.58. The summed E-state index contributed by atoms with van der Waals surface area (Å²) in [6.45, 7) is 25.1. The molecule has 156 valence electrons. The summed E-state index contributed by atoms with van der Waals surface area (Å²) in [4.78, 5) is 0. The van der Waals surface area contributed by atoms with Crippen molar-refractivity contribution in [3.63, 3.8) is 0 Å². The minimum atomic E-state index is -2.82. The molecule has 0 aromatic carbocycles. The van der Waals surface area contributed by atoms with Crippen LogP contribution in [-0.4, -0.2) is 35.2 Å². The Labute approximate surface area is 174 Å². The van der Waals surface area contributed by atoms with E-state index in [2.05, 4.69) is 54.0 Å². The first-order valence-corrected chi connectivity index (χ1v) is 18.5. The number of hydrogen-bond donors (Lipinski definition) is 0. The van der Waals surface area contributed by atoms with Crippen molar-refractivity contribution >= 4 is 35.2 Å². The zero-order valence-corrected chi connectivity index (χ0v) is 22.6. The lowest BCUT2D eigenvalue weighted by Gasteiger charge is -2.42. The third-order valence-electron chi connectivity index (χ3n) is 4.78. The van der Waals surface area contributed by atoms with Gasteiger partial charge in [-0.05, 0) is 47.0 Å².